The molecule has 0 atom stereocenters. The van der Waals surface area contributed by atoms with E-state index < -0.39 is 9.84 Å². The summed E-state index contributed by atoms with van der Waals surface area (Å²) in [7, 11) is 2.40. The molecule has 0 N–H and O–H groups in total. The number of carbonyl (C=O) groups is 1. The lowest BCUT2D eigenvalue weighted by Crippen LogP contribution is -2.49. The van der Waals surface area contributed by atoms with E-state index in [9.17, 15) is 13.2 Å². The van der Waals surface area contributed by atoms with E-state index in [-0.39, 0.29) is 16.8 Å². The molecule has 34 heavy (non-hydrogen) atoms. The number of ether oxygens (including phenoxy) is 1. The highest BCUT2D eigenvalue weighted by molar-refractivity contribution is 7.90. The van der Waals surface area contributed by atoms with E-state index in [1.165, 1.54) is 24.0 Å². The Morgan fingerprint density at radius 3 is 2.15 bits per heavy atom. The number of carbonyl (C=O) groups excluding carboxylic acids is 1. The predicted molar refractivity (Wildman–Crippen MR) is 135 cm³/mol. The van der Waals surface area contributed by atoms with Crippen LogP contribution in [0.2, 0.25) is 0 Å². The van der Waals surface area contributed by atoms with Crippen molar-refractivity contribution in [2.24, 2.45) is 0 Å². The number of nitrogens with zero attached hydrogens (tertiary/aromatic N) is 3. The Balaban J connectivity index is 1.60. The SMILES string of the molecule is COc1ccc(CCN2CCC(N(CCN(C)C)C(=O)c3ccc(S(C)(=O)=O)cc3)CC2)cc1. The molecule has 186 valence electrons. The van der Waals surface area contributed by atoms with Crippen molar-refractivity contribution in [1.29, 1.82) is 0 Å². The molecule has 1 fully saturated rings. The Labute approximate surface area is 204 Å². The second kappa shape index (κ2) is 11.8. The molecule has 0 aliphatic carbocycles. The number of rotatable bonds is 10. The number of hydrogen-bond donors (Lipinski definition) is 0. The molecule has 0 bridgehead atoms. The minimum absolute atomic E-state index is 0.0291. The van der Waals surface area contributed by atoms with E-state index in [2.05, 4.69) is 21.9 Å². The van der Waals surface area contributed by atoms with Crippen molar-refractivity contribution >= 4 is 15.7 Å². The van der Waals surface area contributed by atoms with Crippen molar-refractivity contribution in [1.82, 2.24) is 14.7 Å². The third-order valence-electron chi connectivity index (χ3n) is 6.45. The second-order valence-electron chi connectivity index (χ2n) is 9.27. The first-order valence-corrected chi connectivity index (χ1v) is 13.7. The molecule has 0 radical (unpaired) electrons. The summed E-state index contributed by atoms with van der Waals surface area (Å²) in [5, 5.41) is 0. The zero-order valence-electron chi connectivity index (χ0n) is 20.7. The van der Waals surface area contributed by atoms with E-state index >= 15 is 0 Å². The van der Waals surface area contributed by atoms with Crippen LogP contribution in [0.3, 0.4) is 0 Å². The number of hydrogen-bond acceptors (Lipinski definition) is 6. The van der Waals surface area contributed by atoms with Gasteiger partial charge in [-0.2, -0.15) is 0 Å². The van der Waals surface area contributed by atoms with Crippen LogP contribution in [-0.4, -0.2) is 95.3 Å². The first kappa shape index (κ1) is 26.2. The van der Waals surface area contributed by atoms with Crippen LogP contribution >= 0.6 is 0 Å². The highest BCUT2D eigenvalue weighted by Gasteiger charge is 2.28. The largest absolute Gasteiger partial charge is 0.497 e. The smallest absolute Gasteiger partial charge is 0.254 e. The van der Waals surface area contributed by atoms with Crippen molar-refractivity contribution < 1.29 is 17.9 Å². The maximum Gasteiger partial charge on any atom is 0.254 e. The molecule has 2 aromatic carbocycles. The zero-order chi connectivity index (χ0) is 24.7. The Morgan fingerprint density at radius 1 is 1.00 bits per heavy atom. The molecule has 0 spiro atoms. The van der Waals surface area contributed by atoms with Gasteiger partial charge in [0.2, 0.25) is 0 Å². The summed E-state index contributed by atoms with van der Waals surface area (Å²) in [5.41, 5.74) is 1.83. The first-order valence-electron chi connectivity index (χ1n) is 11.8. The summed E-state index contributed by atoms with van der Waals surface area (Å²) in [6.07, 6.45) is 4.03. The van der Waals surface area contributed by atoms with Gasteiger partial charge < -0.3 is 19.4 Å². The van der Waals surface area contributed by atoms with Gasteiger partial charge in [0.1, 0.15) is 5.75 Å². The Morgan fingerprint density at radius 2 is 1.62 bits per heavy atom. The lowest BCUT2D eigenvalue weighted by Gasteiger charge is -2.39. The fourth-order valence-electron chi connectivity index (χ4n) is 4.30. The van der Waals surface area contributed by atoms with Crippen LogP contribution in [0.1, 0.15) is 28.8 Å². The van der Waals surface area contributed by atoms with Crippen molar-refractivity contribution in [3.8, 4) is 5.75 Å². The average Bonchev–Trinajstić information content (AvgIpc) is 2.83. The summed E-state index contributed by atoms with van der Waals surface area (Å²) < 4.78 is 28.8. The van der Waals surface area contributed by atoms with E-state index in [0.29, 0.717) is 12.1 Å². The molecule has 1 aliphatic rings. The van der Waals surface area contributed by atoms with Gasteiger partial charge in [-0.3, -0.25) is 4.79 Å². The number of methoxy groups -OCH3 is 1. The molecular weight excluding hydrogens is 450 g/mol. The molecule has 0 unspecified atom stereocenters. The van der Waals surface area contributed by atoms with Crippen LogP contribution in [-0.2, 0) is 16.3 Å². The lowest BCUT2D eigenvalue weighted by molar-refractivity contribution is 0.0556. The highest BCUT2D eigenvalue weighted by Crippen LogP contribution is 2.21. The van der Waals surface area contributed by atoms with Gasteiger partial charge in [-0.05, 0) is 75.3 Å². The number of amides is 1. The normalized spacial score (nSPS) is 15.4. The van der Waals surface area contributed by atoms with Gasteiger partial charge in [-0.15, -0.1) is 0 Å². The predicted octanol–water partition coefficient (Wildman–Crippen LogP) is 2.81. The zero-order valence-corrected chi connectivity index (χ0v) is 21.6. The maximum absolute atomic E-state index is 13.4. The summed E-state index contributed by atoms with van der Waals surface area (Å²) in [6.45, 7) is 4.35. The van der Waals surface area contributed by atoms with Crippen molar-refractivity contribution in [2.45, 2.75) is 30.2 Å². The third kappa shape index (κ3) is 7.29. The van der Waals surface area contributed by atoms with Gasteiger partial charge in [-0.25, -0.2) is 8.42 Å². The van der Waals surface area contributed by atoms with Crippen molar-refractivity contribution in [3.05, 3.63) is 59.7 Å². The standard InChI is InChI=1S/C26H37N3O4S/c1-27(2)19-20-29(26(30)22-7-11-25(12-8-22)34(4,31)32)23-14-17-28(18-15-23)16-13-21-5-9-24(33-3)10-6-21/h5-12,23H,13-20H2,1-4H3. The summed E-state index contributed by atoms with van der Waals surface area (Å²) >= 11 is 0. The van der Waals surface area contributed by atoms with Gasteiger partial charge in [0, 0.05) is 50.6 Å². The second-order valence-corrected chi connectivity index (χ2v) is 11.3. The monoisotopic (exact) mass is 487 g/mol. The fraction of sp³-hybridized carbons (Fsp3) is 0.500. The topological polar surface area (TPSA) is 70.2 Å². The molecule has 1 aliphatic heterocycles. The van der Waals surface area contributed by atoms with E-state index in [1.54, 1.807) is 19.2 Å². The third-order valence-corrected chi connectivity index (χ3v) is 7.58. The van der Waals surface area contributed by atoms with E-state index in [1.807, 2.05) is 31.1 Å². The summed E-state index contributed by atoms with van der Waals surface area (Å²) in [4.78, 5) is 20.2. The van der Waals surface area contributed by atoms with Crippen molar-refractivity contribution in [2.75, 3.05) is 60.2 Å². The van der Waals surface area contributed by atoms with Crippen LogP contribution in [0, 0.1) is 0 Å². The minimum Gasteiger partial charge on any atom is -0.497 e. The maximum atomic E-state index is 13.4. The van der Waals surface area contributed by atoms with Gasteiger partial charge in [-0.1, -0.05) is 12.1 Å². The highest BCUT2D eigenvalue weighted by atomic mass is 32.2. The van der Waals surface area contributed by atoms with Crippen LogP contribution in [0.4, 0.5) is 0 Å². The van der Waals surface area contributed by atoms with Gasteiger partial charge in [0.25, 0.3) is 5.91 Å². The van der Waals surface area contributed by atoms with Crippen LogP contribution < -0.4 is 4.74 Å². The fourth-order valence-corrected chi connectivity index (χ4v) is 4.93. The number of likely N-dealkylation sites (tertiary alicyclic amines) is 1. The Bertz CT molecular complexity index is 1030. The van der Waals surface area contributed by atoms with E-state index in [4.69, 9.17) is 4.74 Å². The molecule has 7 nitrogen and oxygen atoms in total. The summed E-state index contributed by atoms with van der Waals surface area (Å²) in [5.74, 6) is 0.844. The molecule has 1 saturated heterocycles. The van der Waals surface area contributed by atoms with Crippen LogP contribution in [0.25, 0.3) is 0 Å². The summed E-state index contributed by atoms with van der Waals surface area (Å²) in [6, 6.07) is 14.7. The quantitative estimate of drug-likeness (QED) is 0.513. The molecule has 0 aromatic heterocycles. The van der Waals surface area contributed by atoms with Crippen LogP contribution in [0.5, 0.6) is 5.75 Å². The molecule has 1 amide bonds. The Hall–Kier alpha value is -2.42. The molecule has 2 aromatic rings. The number of piperidine rings is 1. The number of sulfone groups is 1. The molecule has 8 heteroatoms. The number of benzene rings is 2. The van der Waals surface area contributed by atoms with Gasteiger partial charge >= 0.3 is 0 Å². The van der Waals surface area contributed by atoms with E-state index in [0.717, 1.165) is 51.2 Å². The van der Waals surface area contributed by atoms with Crippen LogP contribution in [0.15, 0.2) is 53.4 Å². The molecule has 3 rings (SSSR count). The van der Waals surface area contributed by atoms with Gasteiger partial charge in [0.15, 0.2) is 9.84 Å². The lowest BCUT2D eigenvalue weighted by atomic mass is 10.0. The Kier molecular flexibility index (Phi) is 9.10. The van der Waals surface area contributed by atoms with Crippen molar-refractivity contribution in [3.63, 3.8) is 0 Å². The minimum atomic E-state index is -3.29. The number of likely N-dealkylation sites (N-methyl/N-ethyl adjacent to an activating group) is 1. The first-order chi connectivity index (χ1) is 16.2. The molecular formula is C26H37N3O4S. The van der Waals surface area contributed by atoms with Gasteiger partial charge in [0.05, 0.1) is 12.0 Å². The average molecular weight is 488 g/mol. The molecule has 0 saturated carbocycles. The molecule has 1 heterocycles.